The Morgan fingerprint density at radius 1 is 1.22 bits per heavy atom. The van der Waals surface area contributed by atoms with Crippen LogP contribution in [0.3, 0.4) is 0 Å². The summed E-state index contributed by atoms with van der Waals surface area (Å²) in [4.78, 5) is 12.7. The molecule has 1 N–H and O–H groups in total. The molecule has 0 bridgehead atoms. The van der Waals surface area contributed by atoms with Gasteiger partial charge in [-0.05, 0) is 43.2 Å². The SMILES string of the molecule is CC[C@H](C(=O)Nc1ccc(F)cc1F)N(c1ccc(C)c(Cl)c1)S(C)(=O)=O. The van der Waals surface area contributed by atoms with Crippen molar-refractivity contribution >= 4 is 38.9 Å². The van der Waals surface area contributed by atoms with Crippen molar-refractivity contribution < 1.29 is 22.0 Å². The largest absolute Gasteiger partial charge is 0.322 e. The van der Waals surface area contributed by atoms with Crippen molar-refractivity contribution in [2.24, 2.45) is 0 Å². The molecule has 2 aromatic rings. The van der Waals surface area contributed by atoms with Gasteiger partial charge in [0.05, 0.1) is 17.6 Å². The summed E-state index contributed by atoms with van der Waals surface area (Å²) in [7, 11) is -3.85. The molecule has 0 fully saturated rings. The third kappa shape index (κ3) is 4.95. The molecule has 1 amide bonds. The summed E-state index contributed by atoms with van der Waals surface area (Å²) in [5, 5.41) is 2.67. The van der Waals surface area contributed by atoms with Gasteiger partial charge in [-0.3, -0.25) is 9.10 Å². The van der Waals surface area contributed by atoms with E-state index in [0.29, 0.717) is 11.1 Å². The molecule has 0 saturated carbocycles. The number of nitrogens with one attached hydrogen (secondary N) is 1. The highest BCUT2D eigenvalue weighted by molar-refractivity contribution is 7.92. The third-order valence-corrected chi connectivity index (χ3v) is 5.52. The van der Waals surface area contributed by atoms with Crippen LogP contribution in [0, 0.1) is 18.6 Å². The standard InChI is InChI=1S/C18H19ClF2N2O3S/c1-4-17(18(24)22-16-8-6-12(20)9-15(16)21)23(27(3,25)26)13-7-5-11(2)14(19)10-13/h5-10,17H,4H2,1-3H3,(H,22,24)/t17-/m1/s1. The lowest BCUT2D eigenvalue weighted by Gasteiger charge is -2.30. The number of aryl methyl sites for hydroxylation is 1. The molecular formula is C18H19ClF2N2O3S. The number of carbonyl (C=O) groups excluding carboxylic acids is 1. The number of sulfonamides is 1. The molecule has 0 saturated heterocycles. The van der Waals surface area contributed by atoms with Crippen molar-refractivity contribution in [1.82, 2.24) is 0 Å². The first-order valence-corrected chi connectivity index (χ1v) is 10.3. The molecule has 0 heterocycles. The van der Waals surface area contributed by atoms with E-state index in [-0.39, 0.29) is 17.8 Å². The van der Waals surface area contributed by atoms with Crippen LogP contribution in [0.5, 0.6) is 0 Å². The van der Waals surface area contributed by atoms with Crippen LogP contribution in [0.15, 0.2) is 36.4 Å². The quantitative estimate of drug-likeness (QED) is 0.770. The fourth-order valence-corrected chi connectivity index (χ4v) is 3.96. The van der Waals surface area contributed by atoms with Crippen LogP contribution >= 0.6 is 11.6 Å². The van der Waals surface area contributed by atoms with Crippen molar-refractivity contribution in [2.45, 2.75) is 26.3 Å². The zero-order valence-electron chi connectivity index (χ0n) is 15.0. The summed E-state index contributed by atoms with van der Waals surface area (Å²) >= 11 is 6.09. The highest BCUT2D eigenvalue weighted by Gasteiger charge is 2.32. The van der Waals surface area contributed by atoms with E-state index in [2.05, 4.69) is 5.32 Å². The molecule has 146 valence electrons. The average Bonchev–Trinajstić information content (AvgIpc) is 2.56. The molecule has 2 aromatic carbocycles. The summed E-state index contributed by atoms with van der Waals surface area (Å²) < 4.78 is 52.6. The van der Waals surface area contributed by atoms with Crippen LogP contribution in [-0.4, -0.2) is 26.6 Å². The van der Waals surface area contributed by atoms with Crippen molar-refractivity contribution in [3.63, 3.8) is 0 Å². The Kier molecular flexibility index (Phi) is 6.43. The minimum Gasteiger partial charge on any atom is -0.322 e. The van der Waals surface area contributed by atoms with Gasteiger partial charge in [-0.2, -0.15) is 0 Å². The van der Waals surface area contributed by atoms with E-state index in [1.807, 2.05) is 0 Å². The molecule has 0 aliphatic rings. The molecule has 0 spiro atoms. The fourth-order valence-electron chi connectivity index (χ4n) is 2.59. The molecule has 0 aromatic heterocycles. The van der Waals surface area contributed by atoms with Crippen molar-refractivity contribution in [1.29, 1.82) is 0 Å². The van der Waals surface area contributed by atoms with Gasteiger partial charge in [0.15, 0.2) is 0 Å². The maximum absolute atomic E-state index is 13.8. The molecule has 2 rings (SSSR count). The predicted octanol–water partition coefficient (Wildman–Crippen LogP) is 4.11. The Hall–Kier alpha value is -2.19. The smallest absolute Gasteiger partial charge is 0.248 e. The maximum atomic E-state index is 13.8. The molecule has 1 atom stereocenters. The monoisotopic (exact) mass is 416 g/mol. The van der Waals surface area contributed by atoms with Crippen LogP contribution < -0.4 is 9.62 Å². The third-order valence-electron chi connectivity index (χ3n) is 3.93. The average molecular weight is 417 g/mol. The lowest BCUT2D eigenvalue weighted by Crippen LogP contribution is -2.47. The topological polar surface area (TPSA) is 66.5 Å². The van der Waals surface area contributed by atoms with Crippen LogP contribution in [0.2, 0.25) is 5.02 Å². The highest BCUT2D eigenvalue weighted by Crippen LogP contribution is 2.28. The van der Waals surface area contributed by atoms with Crippen LogP contribution in [0.1, 0.15) is 18.9 Å². The minimum atomic E-state index is -3.85. The highest BCUT2D eigenvalue weighted by atomic mass is 35.5. The number of anilines is 2. The molecule has 0 unspecified atom stereocenters. The Morgan fingerprint density at radius 3 is 2.41 bits per heavy atom. The van der Waals surface area contributed by atoms with E-state index in [1.165, 1.54) is 12.1 Å². The van der Waals surface area contributed by atoms with Crippen LogP contribution in [0.4, 0.5) is 20.2 Å². The molecule has 0 aliphatic carbocycles. The van der Waals surface area contributed by atoms with Crippen molar-refractivity contribution in [2.75, 3.05) is 15.9 Å². The molecule has 9 heteroatoms. The number of carbonyl (C=O) groups is 1. The number of hydrogen-bond donors (Lipinski definition) is 1. The first-order chi connectivity index (χ1) is 12.5. The Morgan fingerprint density at radius 2 is 1.89 bits per heavy atom. The van der Waals surface area contributed by atoms with E-state index in [9.17, 15) is 22.0 Å². The first-order valence-electron chi connectivity index (χ1n) is 8.06. The predicted molar refractivity (Wildman–Crippen MR) is 103 cm³/mol. The van der Waals surface area contributed by atoms with Crippen molar-refractivity contribution in [3.05, 3.63) is 58.6 Å². The lowest BCUT2D eigenvalue weighted by molar-refractivity contribution is -0.117. The number of benzene rings is 2. The molecule has 0 aliphatic heterocycles. The van der Waals surface area contributed by atoms with Gasteiger partial charge in [-0.15, -0.1) is 0 Å². The summed E-state index contributed by atoms with van der Waals surface area (Å²) in [6.45, 7) is 3.39. The zero-order valence-corrected chi connectivity index (χ0v) is 16.5. The van der Waals surface area contributed by atoms with Crippen LogP contribution in [0.25, 0.3) is 0 Å². The van der Waals surface area contributed by atoms with E-state index in [1.54, 1.807) is 19.9 Å². The molecular weight excluding hydrogens is 398 g/mol. The summed E-state index contributed by atoms with van der Waals surface area (Å²) in [5.74, 6) is -2.49. The van der Waals surface area contributed by atoms with Gasteiger partial charge < -0.3 is 5.32 Å². The number of hydrogen-bond acceptors (Lipinski definition) is 3. The van der Waals surface area contributed by atoms with E-state index in [4.69, 9.17) is 11.6 Å². The minimum absolute atomic E-state index is 0.118. The van der Waals surface area contributed by atoms with Gasteiger partial charge in [0.1, 0.15) is 17.7 Å². The van der Waals surface area contributed by atoms with Gasteiger partial charge in [0, 0.05) is 11.1 Å². The maximum Gasteiger partial charge on any atom is 0.248 e. The van der Waals surface area contributed by atoms with Crippen molar-refractivity contribution in [3.8, 4) is 0 Å². The Bertz CT molecular complexity index is 967. The molecule has 0 radical (unpaired) electrons. The van der Waals surface area contributed by atoms with Gasteiger partial charge in [-0.25, -0.2) is 17.2 Å². The number of amides is 1. The first kappa shape index (κ1) is 21.1. The Labute approximate surface area is 162 Å². The van der Waals surface area contributed by atoms with E-state index < -0.39 is 33.6 Å². The second kappa shape index (κ2) is 8.22. The lowest BCUT2D eigenvalue weighted by atomic mass is 10.1. The van der Waals surface area contributed by atoms with Gasteiger partial charge >= 0.3 is 0 Å². The second-order valence-electron chi connectivity index (χ2n) is 6.03. The molecule has 5 nitrogen and oxygen atoms in total. The van der Waals surface area contributed by atoms with Gasteiger partial charge in [-0.1, -0.05) is 24.6 Å². The number of rotatable bonds is 6. The van der Waals surface area contributed by atoms with E-state index >= 15 is 0 Å². The van der Waals surface area contributed by atoms with Gasteiger partial charge in [0.2, 0.25) is 15.9 Å². The molecule has 27 heavy (non-hydrogen) atoms. The fraction of sp³-hybridized carbons (Fsp3) is 0.278. The van der Waals surface area contributed by atoms with Crippen LogP contribution in [-0.2, 0) is 14.8 Å². The number of halogens is 3. The normalized spacial score (nSPS) is 12.5. The summed E-state index contributed by atoms with van der Waals surface area (Å²) in [6, 6.07) is 6.17. The summed E-state index contributed by atoms with van der Waals surface area (Å²) in [5.41, 5.74) is 0.727. The zero-order chi connectivity index (χ0) is 20.4. The Balaban J connectivity index is 2.42. The number of nitrogens with zero attached hydrogens (tertiary/aromatic N) is 1. The summed E-state index contributed by atoms with van der Waals surface area (Å²) in [6.07, 6.45) is 1.09. The van der Waals surface area contributed by atoms with Gasteiger partial charge in [0.25, 0.3) is 0 Å². The van der Waals surface area contributed by atoms with E-state index in [0.717, 1.165) is 28.3 Å². The second-order valence-corrected chi connectivity index (χ2v) is 8.30.